The molecule has 0 radical (unpaired) electrons. The summed E-state index contributed by atoms with van der Waals surface area (Å²) in [6.45, 7) is 1.39. The maximum Gasteiger partial charge on any atom is 0.155 e. The molecule has 1 aliphatic heterocycles. The van der Waals surface area contributed by atoms with Crippen molar-refractivity contribution in [2.75, 3.05) is 31.7 Å². The average Bonchev–Trinajstić information content (AvgIpc) is 2.38. The Morgan fingerprint density at radius 1 is 1.47 bits per heavy atom. The second-order valence-electron chi connectivity index (χ2n) is 4.98. The summed E-state index contributed by atoms with van der Waals surface area (Å²) in [4.78, 5) is 12.7. The molecule has 0 aliphatic carbocycles. The van der Waals surface area contributed by atoms with Crippen LogP contribution in [0.15, 0.2) is 18.2 Å². The van der Waals surface area contributed by atoms with Crippen molar-refractivity contribution in [3.8, 4) is 0 Å². The van der Waals surface area contributed by atoms with E-state index in [4.69, 9.17) is 4.74 Å². The number of aliphatic hydroxyl groups is 1. The highest BCUT2D eigenvalue weighted by Crippen LogP contribution is 2.26. The smallest absolute Gasteiger partial charge is 0.155 e. The zero-order valence-corrected chi connectivity index (χ0v) is 10.9. The van der Waals surface area contributed by atoms with Crippen LogP contribution >= 0.6 is 0 Å². The molecule has 19 heavy (non-hydrogen) atoms. The van der Waals surface area contributed by atoms with E-state index in [0.29, 0.717) is 44.6 Å². The number of carbonyl (C=O) groups is 1. The summed E-state index contributed by atoms with van der Waals surface area (Å²) in [6.07, 6.45) is 1.60. The van der Waals surface area contributed by atoms with E-state index in [0.717, 1.165) is 0 Å². The van der Waals surface area contributed by atoms with E-state index in [9.17, 15) is 14.3 Å². The molecule has 0 spiro atoms. The van der Waals surface area contributed by atoms with E-state index in [1.807, 2.05) is 0 Å². The molecule has 0 amide bonds. The third-order valence-electron chi connectivity index (χ3n) is 3.51. The van der Waals surface area contributed by atoms with Crippen molar-refractivity contribution < 1.29 is 19.0 Å². The summed E-state index contributed by atoms with van der Waals surface area (Å²) >= 11 is 0. The molecule has 2 rings (SSSR count). The number of halogens is 1. The molecule has 0 aromatic heterocycles. The van der Waals surface area contributed by atoms with Crippen molar-refractivity contribution in [1.82, 2.24) is 0 Å². The molecule has 1 aromatic carbocycles. The molecule has 1 fully saturated rings. The fourth-order valence-electron chi connectivity index (χ4n) is 2.41. The molecule has 1 N–H and O–H groups in total. The van der Waals surface area contributed by atoms with Crippen LogP contribution in [0.2, 0.25) is 0 Å². The number of likely N-dealkylation sites (N-methyl/N-ethyl adjacent to an activating group) is 1. The number of nitrogens with zero attached hydrogens (tertiary/aromatic N) is 1. The molecule has 0 atom stereocenters. The molecule has 1 saturated heterocycles. The largest absolute Gasteiger partial charge is 0.388 e. The number of hydrogen-bond acceptors (Lipinski definition) is 4. The van der Waals surface area contributed by atoms with Crippen LogP contribution in [0.5, 0.6) is 0 Å². The summed E-state index contributed by atoms with van der Waals surface area (Å²) in [6, 6.07) is 4.49. The van der Waals surface area contributed by atoms with Crippen molar-refractivity contribution in [3.63, 3.8) is 0 Å². The Hall–Kier alpha value is -1.46. The minimum Gasteiger partial charge on any atom is -0.388 e. The molecule has 104 valence electrons. The first kappa shape index (κ1) is 14.0. The Balaban J connectivity index is 2.17. The highest BCUT2D eigenvalue weighted by Gasteiger charge is 2.31. The Morgan fingerprint density at radius 2 is 2.16 bits per heavy atom. The Kier molecular flexibility index (Phi) is 4.17. The Labute approximate surface area is 111 Å². The van der Waals surface area contributed by atoms with E-state index >= 15 is 0 Å². The van der Waals surface area contributed by atoms with Gasteiger partial charge in [0.05, 0.1) is 16.9 Å². The lowest BCUT2D eigenvalue weighted by Gasteiger charge is -2.36. The molecule has 5 heteroatoms. The number of benzene rings is 1. The van der Waals surface area contributed by atoms with Crippen LogP contribution in [0.1, 0.15) is 23.2 Å². The average molecular weight is 267 g/mol. The van der Waals surface area contributed by atoms with Crippen molar-refractivity contribution >= 4 is 12.0 Å². The van der Waals surface area contributed by atoms with Gasteiger partial charge in [0, 0.05) is 39.6 Å². The van der Waals surface area contributed by atoms with Crippen molar-refractivity contribution in [2.24, 2.45) is 0 Å². The van der Waals surface area contributed by atoms with Gasteiger partial charge in [-0.15, -0.1) is 0 Å². The summed E-state index contributed by atoms with van der Waals surface area (Å²) in [5.74, 6) is -0.543. The predicted octanol–water partition coefficient (Wildman–Crippen LogP) is 1.62. The maximum absolute atomic E-state index is 13.5. The number of anilines is 1. The third-order valence-corrected chi connectivity index (χ3v) is 3.51. The molecular weight excluding hydrogens is 249 g/mol. The minimum atomic E-state index is -0.848. The summed E-state index contributed by atoms with van der Waals surface area (Å²) in [5.41, 5.74) is -0.324. The molecule has 1 aromatic rings. The fourth-order valence-corrected chi connectivity index (χ4v) is 2.41. The van der Waals surface area contributed by atoms with E-state index in [-0.39, 0.29) is 5.56 Å². The second-order valence-corrected chi connectivity index (χ2v) is 4.98. The lowest BCUT2D eigenvalue weighted by molar-refractivity contribution is -0.0572. The number of rotatable bonds is 4. The van der Waals surface area contributed by atoms with Gasteiger partial charge in [0.15, 0.2) is 6.29 Å². The number of aldehydes is 1. The third kappa shape index (κ3) is 3.11. The van der Waals surface area contributed by atoms with Crippen molar-refractivity contribution in [1.29, 1.82) is 0 Å². The van der Waals surface area contributed by atoms with Crippen LogP contribution in [0.25, 0.3) is 0 Å². The van der Waals surface area contributed by atoms with Gasteiger partial charge in [-0.1, -0.05) is 6.07 Å². The predicted molar refractivity (Wildman–Crippen MR) is 70.1 cm³/mol. The molecule has 1 heterocycles. The van der Waals surface area contributed by atoms with Gasteiger partial charge in [0.2, 0.25) is 0 Å². The Morgan fingerprint density at radius 3 is 2.79 bits per heavy atom. The fraction of sp³-hybridized carbons (Fsp3) is 0.500. The molecule has 0 unspecified atom stereocenters. The summed E-state index contributed by atoms with van der Waals surface area (Å²) < 4.78 is 18.8. The van der Waals surface area contributed by atoms with Gasteiger partial charge in [-0.3, -0.25) is 4.79 Å². The zero-order valence-electron chi connectivity index (χ0n) is 10.9. The lowest BCUT2D eigenvalue weighted by atomic mass is 9.93. The van der Waals surface area contributed by atoms with Gasteiger partial charge in [0.25, 0.3) is 0 Å². The molecule has 1 aliphatic rings. The highest BCUT2D eigenvalue weighted by atomic mass is 19.1. The van der Waals surface area contributed by atoms with E-state index in [1.54, 1.807) is 24.1 Å². The normalized spacial score (nSPS) is 18.1. The van der Waals surface area contributed by atoms with E-state index in [2.05, 4.69) is 0 Å². The molecule has 0 bridgehead atoms. The number of carbonyl (C=O) groups excluding carboxylic acids is 1. The van der Waals surface area contributed by atoms with E-state index in [1.165, 1.54) is 6.07 Å². The van der Waals surface area contributed by atoms with Gasteiger partial charge in [-0.2, -0.15) is 0 Å². The quantitative estimate of drug-likeness (QED) is 0.842. The highest BCUT2D eigenvalue weighted by molar-refractivity contribution is 5.84. The molecule has 4 nitrogen and oxygen atoms in total. The van der Waals surface area contributed by atoms with Crippen LogP contribution in [-0.2, 0) is 4.74 Å². The van der Waals surface area contributed by atoms with Crippen LogP contribution < -0.4 is 4.90 Å². The summed E-state index contributed by atoms with van der Waals surface area (Å²) in [5, 5.41) is 10.4. The standard InChI is InChI=1S/C14H18FNO3/c1-16(10-14(18)5-7-19-8-6-14)13-4-2-3-12(15)11(13)9-17/h2-4,9,18H,5-8,10H2,1H3. The van der Waals surface area contributed by atoms with E-state index < -0.39 is 11.4 Å². The first-order valence-electron chi connectivity index (χ1n) is 6.31. The van der Waals surface area contributed by atoms with Gasteiger partial charge in [-0.05, 0) is 12.1 Å². The SMILES string of the molecule is CN(CC1(O)CCOCC1)c1cccc(F)c1C=O. The number of ether oxygens (including phenoxy) is 1. The topological polar surface area (TPSA) is 49.8 Å². The summed E-state index contributed by atoms with van der Waals surface area (Å²) in [7, 11) is 1.75. The van der Waals surface area contributed by atoms with Crippen LogP contribution in [0.4, 0.5) is 10.1 Å². The first-order valence-corrected chi connectivity index (χ1v) is 6.31. The van der Waals surface area contributed by atoms with Crippen molar-refractivity contribution in [3.05, 3.63) is 29.6 Å². The second kappa shape index (κ2) is 5.67. The monoisotopic (exact) mass is 267 g/mol. The number of hydrogen-bond donors (Lipinski definition) is 1. The Bertz CT molecular complexity index is 458. The molecule has 0 saturated carbocycles. The van der Waals surface area contributed by atoms with Gasteiger partial charge < -0.3 is 14.7 Å². The molecular formula is C14H18FNO3. The first-order chi connectivity index (χ1) is 9.06. The van der Waals surface area contributed by atoms with Crippen LogP contribution in [-0.4, -0.2) is 43.8 Å². The van der Waals surface area contributed by atoms with Gasteiger partial charge in [-0.25, -0.2) is 4.39 Å². The zero-order chi connectivity index (χ0) is 13.9. The maximum atomic E-state index is 13.5. The van der Waals surface area contributed by atoms with Gasteiger partial charge >= 0.3 is 0 Å². The minimum absolute atomic E-state index is 0.0284. The van der Waals surface area contributed by atoms with Gasteiger partial charge in [0.1, 0.15) is 5.82 Å². The van der Waals surface area contributed by atoms with Crippen LogP contribution in [0, 0.1) is 5.82 Å². The van der Waals surface area contributed by atoms with Crippen LogP contribution in [0.3, 0.4) is 0 Å². The lowest BCUT2D eigenvalue weighted by Crippen LogP contribution is -2.46. The van der Waals surface area contributed by atoms with Crippen molar-refractivity contribution in [2.45, 2.75) is 18.4 Å².